The first-order valence-electron chi connectivity index (χ1n) is 8.32. The maximum absolute atomic E-state index is 11.6. The van der Waals surface area contributed by atoms with Gasteiger partial charge in [0.1, 0.15) is 5.78 Å². The zero-order chi connectivity index (χ0) is 17.1. The van der Waals surface area contributed by atoms with Gasteiger partial charge in [0.2, 0.25) is 6.79 Å². The van der Waals surface area contributed by atoms with Crippen molar-refractivity contribution in [1.82, 2.24) is 5.32 Å². The van der Waals surface area contributed by atoms with Gasteiger partial charge in [0.05, 0.1) is 6.04 Å². The largest absolute Gasteiger partial charge is 0.454 e. The van der Waals surface area contributed by atoms with E-state index in [1.165, 1.54) is 11.1 Å². The average Bonchev–Trinajstić information content (AvgIpc) is 3.06. The average molecular weight is 325 g/mol. The number of carbonyl (C=O) groups excluding carboxylic acids is 1. The molecule has 0 amide bonds. The molecule has 0 aromatic heterocycles. The van der Waals surface area contributed by atoms with Crippen LogP contribution in [0.5, 0.6) is 11.5 Å². The van der Waals surface area contributed by atoms with Crippen molar-refractivity contribution in [2.75, 3.05) is 13.8 Å². The second-order valence-corrected chi connectivity index (χ2v) is 6.07. The third-order valence-corrected chi connectivity index (χ3v) is 4.52. The highest BCUT2D eigenvalue weighted by molar-refractivity contribution is 5.81. The molecule has 0 bridgehead atoms. The number of fused-ring (bicyclic) bond motifs is 1. The van der Waals surface area contributed by atoms with Gasteiger partial charge >= 0.3 is 0 Å². The monoisotopic (exact) mass is 325 g/mol. The third-order valence-electron chi connectivity index (χ3n) is 4.52. The summed E-state index contributed by atoms with van der Waals surface area (Å²) >= 11 is 0. The van der Waals surface area contributed by atoms with Crippen molar-refractivity contribution in [3.8, 4) is 22.6 Å². The zero-order valence-electron chi connectivity index (χ0n) is 14.4. The number of ether oxygens (including phenoxy) is 2. The molecular weight excluding hydrogens is 302 g/mol. The maximum Gasteiger partial charge on any atom is 0.231 e. The number of Topliss-reactive ketones (excluding diaryl/α,β-unsaturated/α-hetero) is 1. The van der Waals surface area contributed by atoms with Crippen molar-refractivity contribution in [1.29, 1.82) is 0 Å². The minimum absolute atomic E-state index is 0.132. The van der Waals surface area contributed by atoms with Crippen LogP contribution in [0.2, 0.25) is 0 Å². The molecule has 0 spiro atoms. The van der Waals surface area contributed by atoms with Gasteiger partial charge in [0.15, 0.2) is 11.5 Å². The Morgan fingerprint density at radius 2 is 1.83 bits per heavy atom. The van der Waals surface area contributed by atoms with Crippen molar-refractivity contribution in [3.63, 3.8) is 0 Å². The second kappa shape index (κ2) is 7.05. The van der Waals surface area contributed by atoms with E-state index in [-0.39, 0.29) is 18.6 Å². The quantitative estimate of drug-likeness (QED) is 0.885. The van der Waals surface area contributed by atoms with Gasteiger partial charge < -0.3 is 14.8 Å². The van der Waals surface area contributed by atoms with E-state index in [1.54, 1.807) is 6.92 Å². The molecule has 126 valence electrons. The van der Waals surface area contributed by atoms with Crippen molar-refractivity contribution < 1.29 is 14.3 Å². The number of benzene rings is 2. The normalized spacial score (nSPS) is 13.8. The molecule has 1 aliphatic rings. The first-order chi connectivity index (χ1) is 11.6. The number of ketones is 1. The molecule has 1 N–H and O–H groups in total. The fourth-order valence-electron chi connectivity index (χ4n) is 3.05. The van der Waals surface area contributed by atoms with Gasteiger partial charge in [0, 0.05) is 0 Å². The highest BCUT2D eigenvalue weighted by Gasteiger charge is 2.18. The van der Waals surface area contributed by atoms with Gasteiger partial charge in [-0.25, -0.2) is 0 Å². The summed E-state index contributed by atoms with van der Waals surface area (Å²) < 4.78 is 11.0. The molecular formula is C20H23NO3. The van der Waals surface area contributed by atoms with Crippen molar-refractivity contribution in [3.05, 3.63) is 47.5 Å². The Kier molecular flexibility index (Phi) is 4.86. The minimum atomic E-state index is -0.132. The van der Waals surface area contributed by atoms with Crippen LogP contribution in [0, 0.1) is 0 Å². The number of hydrogen-bond donors (Lipinski definition) is 1. The Morgan fingerprint density at radius 3 is 2.42 bits per heavy atom. The lowest BCUT2D eigenvalue weighted by Gasteiger charge is -2.14. The van der Waals surface area contributed by atoms with Gasteiger partial charge in [-0.2, -0.15) is 0 Å². The molecule has 2 aromatic carbocycles. The van der Waals surface area contributed by atoms with Gasteiger partial charge in [-0.3, -0.25) is 4.79 Å². The Hall–Kier alpha value is -2.33. The number of rotatable bonds is 6. The molecule has 2 aromatic rings. The molecule has 0 radical (unpaired) electrons. The van der Waals surface area contributed by atoms with Crippen LogP contribution < -0.4 is 14.8 Å². The predicted octanol–water partition coefficient (Wildman–Crippen LogP) is 3.36. The van der Waals surface area contributed by atoms with Crippen molar-refractivity contribution in [2.24, 2.45) is 0 Å². The van der Waals surface area contributed by atoms with E-state index < -0.39 is 0 Å². The summed E-state index contributed by atoms with van der Waals surface area (Å²) in [5.74, 6) is 1.79. The maximum atomic E-state index is 11.6. The predicted molar refractivity (Wildman–Crippen MR) is 94.6 cm³/mol. The highest BCUT2D eigenvalue weighted by Crippen LogP contribution is 2.39. The molecule has 0 aliphatic carbocycles. The molecule has 24 heavy (non-hydrogen) atoms. The number of carbonyl (C=O) groups is 1. The molecule has 1 heterocycles. The number of aryl methyl sites for hydroxylation is 1. The standard InChI is InChI=1S/C20H23NO3/c1-4-15-10-19-20(24-12-23-19)11-17(15)16-7-5-14(6-8-16)9-18(21-3)13(2)22/h5-8,10-11,18,21H,4,9,12H2,1-3H3/t18-/m0/s1. The van der Waals surface area contributed by atoms with Crippen LogP contribution in [0.3, 0.4) is 0 Å². The summed E-state index contributed by atoms with van der Waals surface area (Å²) in [6.07, 6.45) is 1.63. The summed E-state index contributed by atoms with van der Waals surface area (Å²) in [6.45, 7) is 4.05. The van der Waals surface area contributed by atoms with E-state index in [1.807, 2.05) is 7.05 Å². The van der Waals surface area contributed by atoms with Crippen LogP contribution in [-0.2, 0) is 17.6 Å². The van der Waals surface area contributed by atoms with Gasteiger partial charge in [0.25, 0.3) is 0 Å². The molecule has 4 nitrogen and oxygen atoms in total. The molecule has 0 saturated heterocycles. The lowest BCUT2D eigenvalue weighted by Crippen LogP contribution is -2.34. The first-order valence-corrected chi connectivity index (χ1v) is 8.32. The highest BCUT2D eigenvalue weighted by atomic mass is 16.7. The van der Waals surface area contributed by atoms with Crippen molar-refractivity contribution in [2.45, 2.75) is 32.7 Å². The summed E-state index contributed by atoms with van der Waals surface area (Å²) in [6, 6.07) is 12.4. The SMILES string of the molecule is CCc1cc2c(cc1-c1ccc(C[C@H](NC)C(C)=O)cc1)OCO2. The van der Waals surface area contributed by atoms with Crippen LogP contribution in [0.1, 0.15) is 25.0 Å². The second-order valence-electron chi connectivity index (χ2n) is 6.07. The number of hydrogen-bond acceptors (Lipinski definition) is 4. The van der Waals surface area contributed by atoms with Crippen LogP contribution >= 0.6 is 0 Å². The van der Waals surface area contributed by atoms with E-state index in [9.17, 15) is 4.79 Å². The fourth-order valence-corrected chi connectivity index (χ4v) is 3.05. The molecule has 1 aliphatic heterocycles. The Bertz CT molecular complexity index is 737. The fraction of sp³-hybridized carbons (Fsp3) is 0.350. The van der Waals surface area contributed by atoms with E-state index in [4.69, 9.17) is 9.47 Å². The molecule has 0 unspecified atom stereocenters. The molecule has 0 fully saturated rings. The summed E-state index contributed by atoms with van der Waals surface area (Å²) in [5, 5.41) is 3.06. The third kappa shape index (κ3) is 3.29. The van der Waals surface area contributed by atoms with Crippen LogP contribution in [0.4, 0.5) is 0 Å². The Labute approximate surface area is 142 Å². The van der Waals surface area contributed by atoms with E-state index in [2.05, 4.69) is 48.6 Å². The van der Waals surface area contributed by atoms with Crippen molar-refractivity contribution >= 4 is 5.78 Å². The molecule has 4 heteroatoms. The zero-order valence-corrected chi connectivity index (χ0v) is 14.4. The van der Waals surface area contributed by atoms with E-state index in [0.29, 0.717) is 6.42 Å². The summed E-state index contributed by atoms with van der Waals surface area (Å²) in [4.78, 5) is 11.6. The minimum Gasteiger partial charge on any atom is -0.454 e. The lowest BCUT2D eigenvalue weighted by atomic mass is 9.95. The first kappa shape index (κ1) is 16.5. The molecule has 0 saturated carbocycles. The van der Waals surface area contributed by atoms with Crippen LogP contribution in [0.15, 0.2) is 36.4 Å². The number of likely N-dealkylation sites (N-methyl/N-ethyl adjacent to an activating group) is 1. The Morgan fingerprint density at radius 1 is 1.17 bits per heavy atom. The Balaban J connectivity index is 1.87. The van der Waals surface area contributed by atoms with Crippen LogP contribution in [0.25, 0.3) is 11.1 Å². The van der Waals surface area contributed by atoms with Gasteiger partial charge in [-0.05, 0) is 61.2 Å². The topological polar surface area (TPSA) is 47.6 Å². The lowest BCUT2D eigenvalue weighted by molar-refractivity contribution is -0.118. The van der Waals surface area contributed by atoms with Gasteiger partial charge in [-0.15, -0.1) is 0 Å². The van der Waals surface area contributed by atoms with Crippen LogP contribution in [-0.4, -0.2) is 25.7 Å². The molecule has 1 atom stereocenters. The summed E-state index contributed by atoms with van der Waals surface area (Å²) in [7, 11) is 1.82. The smallest absolute Gasteiger partial charge is 0.231 e. The van der Waals surface area contributed by atoms with E-state index in [0.717, 1.165) is 29.0 Å². The number of nitrogens with one attached hydrogen (secondary N) is 1. The van der Waals surface area contributed by atoms with Gasteiger partial charge in [-0.1, -0.05) is 31.2 Å². The summed E-state index contributed by atoms with van der Waals surface area (Å²) in [5.41, 5.74) is 4.71. The molecule has 3 rings (SSSR count). The van der Waals surface area contributed by atoms with E-state index >= 15 is 0 Å².